The van der Waals surface area contributed by atoms with Gasteiger partial charge in [-0.05, 0) is 0 Å². The molecule has 1 saturated heterocycles. The van der Waals surface area contributed by atoms with Crippen molar-refractivity contribution in [3.63, 3.8) is 0 Å². The van der Waals surface area contributed by atoms with Gasteiger partial charge < -0.3 is 10.4 Å². The van der Waals surface area contributed by atoms with Crippen molar-refractivity contribution in [3.8, 4) is 0 Å². The number of nitrogens with zero attached hydrogens (tertiary/aromatic N) is 1. The van der Waals surface area contributed by atoms with Gasteiger partial charge in [-0.1, -0.05) is 0 Å². The van der Waals surface area contributed by atoms with Crippen molar-refractivity contribution in [3.05, 3.63) is 0 Å². The summed E-state index contributed by atoms with van der Waals surface area (Å²) in [4.78, 5) is 0. The summed E-state index contributed by atoms with van der Waals surface area (Å²) in [6.07, 6.45) is 0.195. The van der Waals surface area contributed by atoms with E-state index in [2.05, 4.69) is 5.32 Å². The van der Waals surface area contributed by atoms with Gasteiger partial charge >= 0.3 is 0 Å². The van der Waals surface area contributed by atoms with Crippen molar-refractivity contribution in [1.29, 1.82) is 0 Å². The number of piperazine rings is 1. The number of hydrogen-bond acceptors (Lipinski definition) is 4. The molecule has 66 valence electrons. The summed E-state index contributed by atoms with van der Waals surface area (Å²) >= 11 is 0. The van der Waals surface area contributed by atoms with E-state index in [1.165, 1.54) is 0 Å². The van der Waals surface area contributed by atoms with Crippen LogP contribution in [-0.2, 0) is 10.0 Å². The molecule has 1 aliphatic heterocycles. The second-order valence-corrected chi connectivity index (χ2v) is 4.49. The van der Waals surface area contributed by atoms with Crippen molar-refractivity contribution in [2.45, 2.75) is 6.23 Å². The first kappa shape index (κ1) is 8.92. The van der Waals surface area contributed by atoms with Crippen LogP contribution in [0.3, 0.4) is 0 Å². The fourth-order valence-electron chi connectivity index (χ4n) is 1.06. The van der Waals surface area contributed by atoms with Crippen LogP contribution in [0.15, 0.2) is 0 Å². The zero-order valence-electron chi connectivity index (χ0n) is 6.32. The van der Waals surface area contributed by atoms with Gasteiger partial charge in [0.25, 0.3) is 0 Å². The first-order valence-electron chi connectivity index (χ1n) is 3.37. The van der Waals surface area contributed by atoms with E-state index >= 15 is 0 Å². The fourth-order valence-corrected chi connectivity index (χ4v) is 2.00. The molecular weight excluding hydrogens is 168 g/mol. The Morgan fingerprint density at radius 3 is 2.64 bits per heavy atom. The Kier molecular flexibility index (Phi) is 2.48. The third-order valence-electron chi connectivity index (χ3n) is 1.59. The van der Waals surface area contributed by atoms with Crippen LogP contribution in [0.2, 0.25) is 0 Å². The summed E-state index contributed by atoms with van der Waals surface area (Å²) < 4.78 is 23.0. The quantitative estimate of drug-likeness (QED) is 0.498. The standard InChI is InChI=1S/C5H12N2O3S/c1-11(9,10)7-3-2-6-4-5(7)8/h5-6,8H,2-4H2,1H3. The summed E-state index contributed by atoms with van der Waals surface area (Å²) in [6, 6.07) is 0. The van der Waals surface area contributed by atoms with Crippen LogP contribution in [0.4, 0.5) is 0 Å². The maximum absolute atomic E-state index is 10.9. The minimum atomic E-state index is -3.23. The third kappa shape index (κ3) is 2.13. The highest BCUT2D eigenvalue weighted by atomic mass is 32.2. The molecule has 1 fully saturated rings. The maximum Gasteiger partial charge on any atom is 0.213 e. The van der Waals surface area contributed by atoms with E-state index in [1.807, 2.05) is 0 Å². The van der Waals surface area contributed by atoms with Crippen molar-refractivity contribution in [1.82, 2.24) is 9.62 Å². The number of aliphatic hydroxyl groups is 1. The molecular formula is C5H12N2O3S. The minimum absolute atomic E-state index is 0.313. The van der Waals surface area contributed by atoms with Crippen molar-refractivity contribution in [2.75, 3.05) is 25.9 Å². The van der Waals surface area contributed by atoms with Crippen molar-refractivity contribution < 1.29 is 13.5 Å². The number of sulfonamides is 1. The first-order chi connectivity index (χ1) is 5.02. The first-order valence-corrected chi connectivity index (χ1v) is 5.22. The average Bonchev–Trinajstić information content (AvgIpc) is 1.86. The van der Waals surface area contributed by atoms with E-state index in [-0.39, 0.29) is 0 Å². The lowest BCUT2D eigenvalue weighted by Gasteiger charge is -2.30. The normalized spacial score (nSPS) is 28.7. The van der Waals surface area contributed by atoms with Gasteiger partial charge in [0.1, 0.15) is 6.23 Å². The Balaban J connectivity index is 2.70. The highest BCUT2D eigenvalue weighted by Crippen LogP contribution is 2.04. The Hall–Kier alpha value is -0.170. The van der Waals surface area contributed by atoms with Gasteiger partial charge in [-0.25, -0.2) is 8.42 Å². The summed E-state index contributed by atoms with van der Waals surface area (Å²) in [5.41, 5.74) is 0. The molecule has 0 aromatic heterocycles. The summed E-state index contributed by atoms with van der Waals surface area (Å²) in [5.74, 6) is 0. The van der Waals surface area contributed by atoms with Gasteiger partial charge in [-0.3, -0.25) is 0 Å². The van der Waals surface area contributed by atoms with Gasteiger partial charge in [0.15, 0.2) is 0 Å². The van der Waals surface area contributed by atoms with Gasteiger partial charge in [0.05, 0.1) is 6.26 Å². The van der Waals surface area contributed by atoms with E-state index in [0.717, 1.165) is 10.6 Å². The van der Waals surface area contributed by atoms with E-state index < -0.39 is 16.3 Å². The third-order valence-corrected chi connectivity index (χ3v) is 2.87. The number of β-amino-alcohol motifs (C(OH)–C–C–N with tert-alkyl or cyclic N) is 1. The lowest BCUT2D eigenvalue weighted by atomic mass is 10.4. The summed E-state index contributed by atoms with van der Waals surface area (Å²) in [7, 11) is -3.23. The van der Waals surface area contributed by atoms with Gasteiger partial charge in [0.2, 0.25) is 10.0 Å². The second-order valence-electron chi connectivity index (χ2n) is 2.56. The molecule has 2 N–H and O–H groups in total. The molecule has 5 nitrogen and oxygen atoms in total. The molecule has 11 heavy (non-hydrogen) atoms. The molecule has 0 aromatic rings. The van der Waals surface area contributed by atoms with Crippen LogP contribution >= 0.6 is 0 Å². The molecule has 1 aliphatic rings. The Bertz CT molecular complexity index is 226. The summed E-state index contributed by atoms with van der Waals surface area (Å²) in [6.45, 7) is 1.26. The van der Waals surface area contributed by atoms with E-state index in [0.29, 0.717) is 19.6 Å². The Morgan fingerprint density at radius 2 is 2.27 bits per heavy atom. The topological polar surface area (TPSA) is 69.6 Å². The predicted octanol–water partition coefficient (Wildman–Crippen LogP) is -1.83. The van der Waals surface area contributed by atoms with Crippen molar-refractivity contribution >= 4 is 10.0 Å². The Morgan fingerprint density at radius 1 is 1.64 bits per heavy atom. The number of aliphatic hydroxyl groups excluding tert-OH is 1. The lowest BCUT2D eigenvalue weighted by molar-refractivity contribution is 0.0457. The maximum atomic E-state index is 10.9. The SMILES string of the molecule is CS(=O)(=O)N1CCNCC1O. The molecule has 1 unspecified atom stereocenters. The van der Waals surface area contributed by atoms with Gasteiger partial charge in [-0.2, -0.15) is 4.31 Å². The molecule has 0 amide bonds. The molecule has 0 aromatic carbocycles. The monoisotopic (exact) mass is 180 g/mol. The molecule has 6 heteroatoms. The molecule has 0 spiro atoms. The molecule has 1 atom stereocenters. The second kappa shape index (κ2) is 3.06. The number of hydrogen-bond donors (Lipinski definition) is 2. The molecule has 1 rings (SSSR count). The Labute approximate surface area is 66.1 Å². The van der Waals surface area contributed by atoms with Crippen LogP contribution < -0.4 is 5.32 Å². The zero-order valence-corrected chi connectivity index (χ0v) is 7.13. The largest absolute Gasteiger partial charge is 0.376 e. The highest BCUT2D eigenvalue weighted by molar-refractivity contribution is 7.88. The van der Waals surface area contributed by atoms with Crippen LogP contribution in [0.1, 0.15) is 0 Å². The van der Waals surface area contributed by atoms with Crippen LogP contribution in [0.5, 0.6) is 0 Å². The molecule has 1 heterocycles. The molecule has 0 saturated carbocycles. The highest BCUT2D eigenvalue weighted by Gasteiger charge is 2.26. The number of nitrogens with one attached hydrogen (secondary N) is 1. The van der Waals surface area contributed by atoms with Gasteiger partial charge in [0, 0.05) is 19.6 Å². The average molecular weight is 180 g/mol. The van der Waals surface area contributed by atoms with E-state index in [1.54, 1.807) is 0 Å². The smallest absolute Gasteiger partial charge is 0.213 e. The predicted molar refractivity (Wildman–Crippen MR) is 40.4 cm³/mol. The van der Waals surface area contributed by atoms with Crippen LogP contribution in [0, 0.1) is 0 Å². The fraction of sp³-hybridized carbons (Fsp3) is 1.00. The van der Waals surface area contributed by atoms with Crippen molar-refractivity contribution in [2.24, 2.45) is 0 Å². The van der Waals surface area contributed by atoms with E-state index in [4.69, 9.17) is 0 Å². The zero-order chi connectivity index (χ0) is 8.48. The molecule has 0 aliphatic carbocycles. The molecule has 0 radical (unpaired) electrons. The number of rotatable bonds is 1. The lowest BCUT2D eigenvalue weighted by Crippen LogP contribution is -2.53. The van der Waals surface area contributed by atoms with Crippen LogP contribution in [0.25, 0.3) is 0 Å². The van der Waals surface area contributed by atoms with Crippen LogP contribution in [-0.4, -0.2) is 49.9 Å². The minimum Gasteiger partial charge on any atom is -0.376 e. The molecule has 0 bridgehead atoms. The summed E-state index contributed by atoms with van der Waals surface area (Å²) in [5, 5.41) is 12.1. The van der Waals surface area contributed by atoms with E-state index in [9.17, 15) is 13.5 Å². The van der Waals surface area contributed by atoms with Gasteiger partial charge in [-0.15, -0.1) is 0 Å².